The third kappa shape index (κ3) is 1.60. The molecule has 124 valence electrons. The molecule has 0 saturated carbocycles. The van der Waals surface area contributed by atoms with E-state index in [1.54, 1.807) is 0 Å². The van der Waals surface area contributed by atoms with Crippen LogP contribution in [0.1, 0.15) is 0 Å². The lowest BCUT2D eigenvalue weighted by atomic mass is 9.90. The lowest BCUT2D eigenvalue weighted by molar-refractivity contribution is 1.80. The van der Waals surface area contributed by atoms with E-state index in [0.29, 0.717) is 0 Å². The zero-order chi connectivity index (χ0) is 17.5. The maximum absolute atomic E-state index is 3.84. The minimum Gasteiger partial charge on any atom is -0.135 e. The molecule has 0 bridgehead atoms. The average Bonchev–Trinajstić information content (AvgIpc) is 3.11. The first-order valence-electron chi connectivity index (χ1n) is 7.88. The first kappa shape index (κ1) is 15.7. The molecule has 7 aromatic rings. The molecule has 0 spiro atoms. The molecule has 0 N–H and O–H groups in total. The lowest BCUT2D eigenvalue weighted by Gasteiger charge is -2.15. The molecule has 7 rings (SSSR count). The topological polar surface area (TPSA) is 0 Å². The molecule has 2 heterocycles. The Labute approximate surface area is 188 Å². The summed E-state index contributed by atoms with van der Waals surface area (Å²) in [5.74, 6) is 0. The van der Waals surface area contributed by atoms with Crippen molar-refractivity contribution in [1.29, 1.82) is 0 Å². The van der Waals surface area contributed by atoms with Crippen LogP contribution in [0.25, 0.3) is 61.9 Å². The third-order valence-corrected chi connectivity index (χ3v) is 10.1. The number of benzene rings is 5. The molecule has 0 atom stereocenters. The van der Waals surface area contributed by atoms with Crippen LogP contribution in [0.15, 0.2) is 42.2 Å². The van der Waals surface area contributed by atoms with Gasteiger partial charge in [-0.2, -0.15) is 0 Å². The number of thiophene rings is 2. The predicted molar refractivity (Wildman–Crippen MR) is 132 cm³/mol. The van der Waals surface area contributed by atoms with E-state index in [1.807, 2.05) is 22.7 Å². The summed E-state index contributed by atoms with van der Waals surface area (Å²) in [7, 11) is 0. The molecular weight excluding hydrogens is 624 g/mol. The van der Waals surface area contributed by atoms with Crippen LogP contribution < -0.4 is 0 Å². The molecule has 26 heavy (non-hydrogen) atoms. The van der Waals surface area contributed by atoms with Gasteiger partial charge in [-0.15, -0.1) is 22.7 Å². The summed E-state index contributed by atoms with van der Waals surface area (Å²) in [5, 5.41) is 11.0. The van der Waals surface area contributed by atoms with Crippen LogP contribution in [-0.2, 0) is 0 Å². The van der Waals surface area contributed by atoms with E-state index in [0.717, 1.165) is 17.9 Å². The SMILES string of the molecule is Brc1cc2sc3cc(Br)c4c(Br)cc5sc6cc(Br)c1c1c2c3c4c5c61. The summed E-state index contributed by atoms with van der Waals surface area (Å²) in [6.07, 6.45) is 0. The van der Waals surface area contributed by atoms with E-state index in [2.05, 4.69) is 88.0 Å². The highest BCUT2D eigenvalue weighted by Crippen LogP contribution is 2.57. The molecule has 0 radical (unpaired) electrons. The molecule has 0 aliphatic carbocycles. The van der Waals surface area contributed by atoms with Crippen molar-refractivity contribution in [3.8, 4) is 0 Å². The monoisotopic (exact) mass is 624 g/mol. The van der Waals surface area contributed by atoms with Gasteiger partial charge in [-0.1, -0.05) is 63.7 Å². The van der Waals surface area contributed by atoms with Crippen molar-refractivity contribution in [2.75, 3.05) is 0 Å². The Kier molecular flexibility index (Phi) is 2.91. The second-order valence-corrected chi connectivity index (χ2v) is 12.2. The minimum atomic E-state index is 1.16. The normalized spacial score (nSPS) is 13.4. The summed E-state index contributed by atoms with van der Waals surface area (Å²) in [6.45, 7) is 0. The van der Waals surface area contributed by atoms with Crippen LogP contribution in [-0.4, -0.2) is 0 Å². The summed E-state index contributed by atoms with van der Waals surface area (Å²) >= 11 is 19.1. The highest BCUT2D eigenvalue weighted by Gasteiger charge is 2.27. The van der Waals surface area contributed by atoms with Gasteiger partial charge in [0, 0.05) is 79.8 Å². The summed E-state index contributed by atoms with van der Waals surface area (Å²) < 4.78 is 10.1. The van der Waals surface area contributed by atoms with Crippen molar-refractivity contribution >= 4 is 148 Å². The molecule has 0 saturated heterocycles. The largest absolute Gasteiger partial charge is 0.135 e. The van der Waals surface area contributed by atoms with Crippen LogP contribution >= 0.6 is 86.4 Å². The van der Waals surface area contributed by atoms with Crippen molar-refractivity contribution in [2.45, 2.75) is 0 Å². The van der Waals surface area contributed by atoms with Gasteiger partial charge >= 0.3 is 0 Å². The van der Waals surface area contributed by atoms with Crippen LogP contribution in [0.4, 0.5) is 0 Å². The Balaban J connectivity index is 2.09. The van der Waals surface area contributed by atoms with Gasteiger partial charge in [-0.3, -0.25) is 0 Å². The number of hydrogen-bond donors (Lipinski definition) is 0. The summed E-state index contributed by atoms with van der Waals surface area (Å²) in [6, 6.07) is 9.13. The van der Waals surface area contributed by atoms with Crippen LogP contribution in [0, 0.1) is 0 Å². The molecule has 0 unspecified atom stereocenters. The zero-order valence-electron chi connectivity index (χ0n) is 12.6. The Morgan fingerprint density at radius 2 is 0.654 bits per heavy atom. The highest BCUT2D eigenvalue weighted by atomic mass is 79.9. The standard InChI is InChI=1S/C20H4Br4S2/c21-5-1-9-15-16-10(25-9)3-7(23)14-8(24)4-12-18(20(14)16)17-11(26-12)2-6(22)13(5)19(15)17/h1-4H. The van der Waals surface area contributed by atoms with Gasteiger partial charge in [0.25, 0.3) is 0 Å². The molecule has 0 amide bonds. The second-order valence-electron chi connectivity index (χ2n) is 6.63. The van der Waals surface area contributed by atoms with E-state index in [1.165, 1.54) is 61.9 Å². The molecular formula is C20H4Br4S2. The minimum absolute atomic E-state index is 1.16. The van der Waals surface area contributed by atoms with Crippen LogP contribution in [0.5, 0.6) is 0 Å². The van der Waals surface area contributed by atoms with Gasteiger partial charge in [0.2, 0.25) is 0 Å². The smallest absolute Gasteiger partial charge is 0.0373 e. The van der Waals surface area contributed by atoms with Gasteiger partial charge < -0.3 is 0 Å². The first-order valence-corrected chi connectivity index (χ1v) is 12.7. The number of rotatable bonds is 0. The molecule has 0 aliphatic rings. The van der Waals surface area contributed by atoms with Crippen molar-refractivity contribution in [3.63, 3.8) is 0 Å². The summed E-state index contributed by atoms with van der Waals surface area (Å²) in [5.41, 5.74) is 0. The van der Waals surface area contributed by atoms with E-state index < -0.39 is 0 Å². The first-order chi connectivity index (χ1) is 12.5. The van der Waals surface area contributed by atoms with E-state index >= 15 is 0 Å². The molecule has 5 aromatic carbocycles. The fourth-order valence-corrected chi connectivity index (χ4v) is 10.6. The van der Waals surface area contributed by atoms with Gasteiger partial charge in [-0.25, -0.2) is 0 Å². The molecule has 0 nitrogen and oxygen atoms in total. The second kappa shape index (κ2) is 4.84. The Morgan fingerprint density at radius 3 is 0.923 bits per heavy atom. The lowest BCUT2D eigenvalue weighted by Crippen LogP contribution is -1.88. The molecule has 0 aliphatic heterocycles. The quantitative estimate of drug-likeness (QED) is 0.116. The maximum Gasteiger partial charge on any atom is 0.0373 e. The van der Waals surface area contributed by atoms with E-state index in [-0.39, 0.29) is 0 Å². The van der Waals surface area contributed by atoms with Crippen molar-refractivity contribution < 1.29 is 0 Å². The molecule has 6 heteroatoms. The molecule has 2 aromatic heterocycles. The van der Waals surface area contributed by atoms with Gasteiger partial charge in [0.05, 0.1) is 0 Å². The van der Waals surface area contributed by atoms with Crippen molar-refractivity contribution in [3.05, 3.63) is 42.2 Å². The number of halogens is 4. The fraction of sp³-hybridized carbons (Fsp3) is 0. The van der Waals surface area contributed by atoms with Crippen molar-refractivity contribution in [1.82, 2.24) is 0 Å². The fourth-order valence-electron chi connectivity index (χ4n) is 4.54. The van der Waals surface area contributed by atoms with E-state index in [4.69, 9.17) is 0 Å². The van der Waals surface area contributed by atoms with Gasteiger partial charge in [0.1, 0.15) is 0 Å². The van der Waals surface area contributed by atoms with Crippen LogP contribution in [0.2, 0.25) is 0 Å². The highest BCUT2D eigenvalue weighted by molar-refractivity contribution is 9.11. The van der Waals surface area contributed by atoms with Crippen molar-refractivity contribution in [2.24, 2.45) is 0 Å². The Morgan fingerprint density at radius 1 is 0.385 bits per heavy atom. The van der Waals surface area contributed by atoms with Gasteiger partial charge in [-0.05, 0) is 24.3 Å². The Hall–Kier alpha value is -0.240. The average molecular weight is 628 g/mol. The zero-order valence-corrected chi connectivity index (χ0v) is 20.6. The van der Waals surface area contributed by atoms with Gasteiger partial charge in [0.15, 0.2) is 0 Å². The predicted octanol–water partition coefficient (Wildman–Crippen LogP) is 10.1. The third-order valence-electron chi connectivity index (χ3n) is 5.41. The molecule has 0 fully saturated rings. The Bertz CT molecular complexity index is 1430. The van der Waals surface area contributed by atoms with Crippen LogP contribution in [0.3, 0.4) is 0 Å². The summed E-state index contributed by atoms with van der Waals surface area (Å²) in [4.78, 5) is 0. The van der Waals surface area contributed by atoms with E-state index in [9.17, 15) is 0 Å². The maximum atomic E-state index is 3.84. The number of hydrogen-bond acceptors (Lipinski definition) is 2.